The minimum absolute atomic E-state index is 0.105. The molecule has 0 spiro atoms. The van der Waals surface area contributed by atoms with Crippen LogP contribution in [0.4, 0.5) is 0 Å². The highest BCUT2D eigenvalue weighted by Gasteiger charge is 2.33. The van der Waals surface area contributed by atoms with E-state index in [1.807, 2.05) is 6.07 Å². The number of carbonyl (C=O) groups excluding carboxylic acids is 1. The first kappa shape index (κ1) is 11.7. The van der Waals surface area contributed by atoms with Crippen molar-refractivity contribution in [2.45, 2.75) is 31.7 Å². The largest absolute Gasteiger partial charge is 0.480 e. The van der Waals surface area contributed by atoms with Crippen molar-refractivity contribution in [1.29, 1.82) is 0 Å². The number of aryl methyl sites for hydroxylation is 1. The van der Waals surface area contributed by atoms with Gasteiger partial charge in [-0.25, -0.2) is 0 Å². The molecule has 0 unspecified atom stereocenters. The van der Waals surface area contributed by atoms with Crippen LogP contribution in [0.25, 0.3) is 0 Å². The van der Waals surface area contributed by atoms with Crippen molar-refractivity contribution in [3.63, 3.8) is 0 Å². The third-order valence-corrected chi connectivity index (χ3v) is 2.78. The Morgan fingerprint density at radius 2 is 2.24 bits per heavy atom. The Kier molecular flexibility index (Phi) is 3.46. The molecule has 17 heavy (non-hydrogen) atoms. The molecule has 1 aromatic rings. The lowest BCUT2D eigenvalue weighted by Gasteiger charge is -2.19. The summed E-state index contributed by atoms with van der Waals surface area (Å²) in [4.78, 5) is 24.0. The van der Waals surface area contributed by atoms with E-state index < -0.39 is 5.97 Å². The first-order valence-electron chi connectivity index (χ1n) is 5.70. The number of carboxylic acid groups (broad SMARTS) is 1. The van der Waals surface area contributed by atoms with Gasteiger partial charge < -0.3 is 14.4 Å². The summed E-state index contributed by atoms with van der Waals surface area (Å²) >= 11 is 0. The molecule has 0 aromatic carbocycles. The monoisotopic (exact) mass is 237 g/mol. The van der Waals surface area contributed by atoms with E-state index in [1.165, 1.54) is 4.90 Å². The van der Waals surface area contributed by atoms with E-state index in [2.05, 4.69) is 0 Å². The number of carboxylic acids is 1. The smallest absolute Gasteiger partial charge is 0.323 e. The van der Waals surface area contributed by atoms with Crippen LogP contribution in [0.15, 0.2) is 22.8 Å². The van der Waals surface area contributed by atoms with Crippen molar-refractivity contribution < 1.29 is 19.1 Å². The summed E-state index contributed by atoms with van der Waals surface area (Å²) in [6, 6.07) is 3.72. The van der Waals surface area contributed by atoms with Crippen molar-refractivity contribution in [1.82, 2.24) is 4.90 Å². The molecule has 0 aliphatic heterocycles. The van der Waals surface area contributed by atoms with Gasteiger partial charge in [0.15, 0.2) is 0 Å². The van der Waals surface area contributed by atoms with Gasteiger partial charge >= 0.3 is 5.97 Å². The molecule has 1 aliphatic carbocycles. The quantitative estimate of drug-likeness (QED) is 0.809. The lowest BCUT2D eigenvalue weighted by molar-refractivity contribution is -0.144. The Labute approximate surface area is 99.0 Å². The fraction of sp³-hybridized carbons (Fsp3) is 0.500. The minimum atomic E-state index is -0.955. The maximum Gasteiger partial charge on any atom is 0.323 e. The number of aliphatic carboxylic acids is 1. The number of furan rings is 1. The molecule has 0 atom stereocenters. The molecule has 1 aliphatic rings. The van der Waals surface area contributed by atoms with Gasteiger partial charge in [0.05, 0.1) is 6.26 Å². The molecule has 0 bridgehead atoms. The number of amides is 1. The van der Waals surface area contributed by atoms with Crippen LogP contribution >= 0.6 is 0 Å². The fourth-order valence-electron chi connectivity index (χ4n) is 1.78. The van der Waals surface area contributed by atoms with Crippen LogP contribution in [0.3, 0.4) is 0 Å². The van der Waals surface area contributed by atoms with Crippen LogP contribution in [0.5, 0.6) is 0 Å². The molecule has 92 valence electrons. The summed E-state index contributed by atoms with van der Waals surface area (Å²) in [6.45, 7) is -0.193. The number of hydrogen-bond acceptors (Lipinski definition) is 3. The SMILES string of the molecule is O=C(O)CN(C(=O)CCc1ccco1)C1CC1. The number of carbonyl (C=O) groups is 2. The maximum absolute atomic E-state index is 11.9. The van der Waals surface area contributed by atoms with Crippen molar-refractivity contribution >= 4 is 11.9 Å². The average molecular weight is 237 g/mol. The van der Waals surface area contributed by atoms with E-state index in [0.717, 1.165) is 18.6 Å². The van der Waals surface area contributed by atoms with Crippen LogP contribution < -0.4 is 0 Å². The zero-order valence-corrected chi connectivity index (χ0v) is 9.46. The molecule has 5 nitrogen and oxygen atoms in total. The molecule has 1 N–H and O–H groups in total. The lowest BCUT2D eigenvalue weighted by Crippen LogP contribution is -2.37. The Balaban J connectivity index is 1.85. The van der Waals surface area contributed by atoms with Crippen molar-refractivity contribution in [3.8, 4) is 0 Å². The number of nitrogens with zero attached hydrogens (tertiary/aromatic N) is 1. The third-order valence-electron chi connectivity index (χ3n) is 2.78. The first-order valence-corrected chi connectivity index (χ1v) is 5.70. The van der Waals surface area contributed by atoms with Gasteiger partial charge in [-0.05, 0) is 25.0 Å². The Morgan fingerprint density at radius 1 is 1.47 bits per heavy atom. The summed E-state index contributed by atoms with van der Waals surface area (Å²) in [5.74, 6) is -0.307. The van der Waals surface area contributed by atoms with E-state index >= 15 is 0 Å². The van der Waals surface area contributed by atoms with Crippen molar-refractivity contribution in [2.75, 3.05) is 6.54 Å². The molecule has 1 amide bonds. The van der Waals surface area contributed by atoms with Crippen LogP contribution in [0.1, 0.15) is 25.0 Å². The molecule has 1 fully saturated rings. The highest BCUT2D eigenvalue weighted by Crippen LogP contribution is 2.27. The second kappa shape index (κ2) is 5.03. The van der Waals surface area contributed by atoms with Crippen molar-refractivity contribution in [3.05, 3.63) is 24.2 Å². The highest BCUT2D eigenvalue weighted by molar-refractivity contribution is 5.82. The summed E-state index contributed by atoms with van der Waals surface area (Å²) < 4.78 is 5.13. The Hall–Kier alpha value is -1.78. The third kappa shape index (κ3) is 3.34. The maximum atomic E-state index is 11.9. The highest BCUT2D eigenvalue weighted by atomic mass is 16.4. The van der Waals surface area contributed by atoms with E-state index in [0.29, 0.717) is 12.8 Å². The summed E-state index contributed by atoms with van der Waals surface area (Å²) in [7, 11) is 0. The van der Waals surface area contributed by atoms with Gasteiger partial charge in [-0.15, -0.1) is 0 Å². The summed E-state index contributed by atoms with van der Waals surface area (Å²) in [6.07, 6.45) is 4.22. The van der Waals surface area contributed by atoms with E-state index in [1.54, 1.807) is 12.3 Å². The van der Waals surface area contributed by atoms with E-state index in [4.69, 9.17) is 9.52 Å². The predicted molar refractivity (Wildman–Crippen MR) is 59.4 cm³/mol. The van der Waals surface area contributed by atoms with Gasteiger partial charge in [0.25, 0.3) is 0 Å². The van der Waals surface area contributed by atoms with Crippen molar-refractivity contribution in [2.24, 2.45) is 0 Å². The van der Waals surface area contributed by atoms with Gasteiger partial charge in [0, 0.05) is 18.9 Å². The Bertz CT molecular complexity index is 395. The molecular weight excluding hydrogens is 222 g/mol. The van der Waals surface area contributed by atoms with Gasteiger partial charge in [0.2, 0.25) is 5.91 Å². The minimum Gasteiger partial charge on any atom is -0.480 e. The Morgan fingerprint density at radius 3 is 2.76 bits per heavy atom. The predicted octanol–water partition coefficient (Wildman–Crippen LogP) is 1.29. The molecule has 0 radical (unpaired) electrons. The molecule has 2 rings (SSSR count). The number of rotatable bonds is 6. The van der Waals surface area contributed by atoms with E-state index in [-0.39, 0.29) is 18.5 Å². The molecule has 5 heteroatoms. The zero-order valence-electron chi connectivity index (χ0n) is 9.46. The standard InChI is InChI=1S/C12H15NO4/c14-11(6-5-10-2-1-7-17-10)13(8-12(15)16)9-3-4-9/h1-2,7,9H,3-6,8H2,(H,15,16). The summed E-state index contributed by atoms with van der Waals surface area (Å²) in [5.41, 5.74) is 0. The zero-order chi connectivity index (χ0) is 12.3. The lowest BCUT2D eigenvalue weighted by atomic mass is 10.2. The average Bonchev–Trinajstić information content (AvgIpc) is 2.99. The van der Waals surface area contributed by atoms with Crippen LogP contribution in [0, 0.1) is 0 Å². The van der Waals surface area contributed by atoms with E-state index in [9.17, 15) is 9.59 Å². The first-order chi connectivity index (χ1) is 8.16. The normalized spacial score (nSPS) is 14.6. The van der Waals surface area contributed by atoms with Gasteiger partial charge in [-0.2, -0.15) is 0 Å². The van der Waals surface area contributed by atoms with Crippen LogP contribution in [0.2, 0.25) is 0 Å². The second-order valence-corrected chi connectivity index (χ2v) is 4.23. The van der Waals surface area contributed by atoms with Gasteiger partial charge in [0.1, 0.15) is 12.3 Å². The molecule has 0 saturated heterocycles. The fourth-order valence-corrected chi connectivity index (χ4v) is 1.78. The summed E-state index contributed by atoms with van der Waals surface area (Å²) in [5, 5.41) is 8.75. The molecule has 1 heterocycles. The topological polar surface area (TPSA) is 70.8 Å². The molecular formula is C12H15NO4. The van der Waals surface area contributed by atoms with Crippen LogP contribution in [-0.4, -0.2) is 34.5 Å². The molecule has 1 aromatic heterocycles. The second-order valence-electron chi connectivity index (χ2n) is 4.23. The number of hydrogen-bond donors (Lipinski definition) is 1. The van der Waals surface area contributed by atoms with Gasteiger partial charge in [-0.1, -0.05) is 0 Å². The van der Waals surface area contributed by atoms with Gasteiger partial charge in [-0.3, -0.25) is 9.59 Å². The van der Waals surface area contributed by atoms with Crippen LogP contribution in [-0.2, 0) is 16.0 Å². The molecule has 1 saturated carbocycles.